The van der Waals surface area contributed by atoms with Gasteiger partial charge in [0.05, 0.1) is 11.3 Å². The molecule has 0 aliphatic carbocycles. The zero-order chi connectivity index (χ0) is 24.1. The molecular formula is C27H25N3O4. The van der Waals surface area contributed by atoms with E-state index in [1.165, 1.54) is 6.92 Å². The van der Waals surface area contributed by atoms with Crippen LogP contribution in [0.3, 0.4) is 0 Å². The third kappa shape index (κ3) is 5.50. The Labute approximate surface area is 197 Å². The van der Waals surface area contributed by atoms with E-state index in [9.17, 15) is 9.59 Å². The Bertz CT molecular complexity index is 1260. The van der Waals surface area contributed by atoms with Crippen LogP contribution in [0.25, 0.3) is 11.4 Å². The minimum atomic E-state index is -0.970. The van der Waals surface area contributed by atoms with E-state index in [1.807, 2.05) is 44.2 Å². The van der Waals surface area contributed by atoms with Crippen molar-refractivity contribution in [3.63, 3.8) is 0 Å². The van der Waals surface area contributed by atoms with Crippen molar-refractivity contribution in [3.05, 3.63) is 95.8 Å². The average molecular weight is 456 g/mol. The zero-order valence-electron chi connectivity index (χ0n) is 19.2. The number of ether oxygens (including phenoxy) is 2. The molecule has 34 heavy (non-hydrogen) atoms. The predicted molar refractivity (Wildman–Crippen MR) is 130 cm³/mol. The number of carbonyl (C=O) groups excluding carboxylic acids is 2. The molecule has 1 aromatic heterocycles. The highest BCUT2D eigenvalue weighted by atomic mass is 16.5. The maximum Gasteiger partial charge on any atom is 0.338 e. The number of aromatic amines is 1. The fraction of sp³-hybridized carbons (Fsp3) is 0.148. The zero-order valence-corrected chi connectivity index (χ0v) is 19.2. The number of rotatable bonds is 7. The van der Waals surface area contributed by atoms with E-state index in [2.05, 4.69) is 15.3 Å². The molecule has 0 saturated heterocycles. The van der Waals surface area contributed by atoms with E-state index in [1.54, 1.807) is 48.5 Å². The monoisotopic (exact) mass is 455 g/mol. The van der Waals surface area contributed by atoms with E-state index < -0.39 is 18.0 Å². The van der Waals surface area contributed by atoms with Crippen molar-refractivity contribution < 1.29 is 19.1 Å². The van der Waals surface area contributed by atoms with Crippen molar-refractivity contribution in [2.45, 2.75) is 26.9 Å². The van der Waals surface area contributed by atoms with Gasteiger partial charge >= 0.3 is 5.97 Å². The molecule has 172 valence electrons. The summed E-state index contributed by atoms with van der Waals surface area (Å²) in [5.74, 6) is 1.10. The molecule has 4 aromatic rings. The van der Waals surface area contributed by atoms with E-state index >= 15 is 0 Å². The molecule has 1 amide bonds. The van der Waals surface area contributed by atoms with Crippen molar-refractivity contribution in [3.8, 4) is 22.9 Å². The first-order valence-electron chi connectivity index (χ1n) is 10.9. The van der Waals surface area contributed by atoms with Crippen molar-refractivity contribution in [1.82, 2.24) is 9.97 Å². The minimum Gasteiger partial charge on any atom is -0.457 e. The quantitative estimate of drug-likeness (QED) is 0.350. The third-order valence-corrected chi connectivity index (χ3v) is 5.28. The molecule has 0 bridgehead atoms. The van der Waals surface area contributed by atoms with Gasteiger partial charge in [-0.25, -0.2) is 9.78 Å². The van der Waals surface area contributed by atoms with Gasteiger partial charge in [-0.3, -0.25) is 4.79 Å². The summed E-state index contributed by atoms with van der Waals surface area (Å²) >= 11 is 0. The Kier molecular flexibility index (Phi) is 6.73. The molecule has 4 rings (SSSR count). The lowest BCUT2D eigenvalue weighted by molar-refractivity contribution is -0.123. The van der Waals surface area contributed by atoms with Gasteiger partial charge in [0.25, 0.3) is 5.91 Å². The second-order valence-electron chi connectivity index (χ2n) is 7.85. The highest BCUT2D eigenvalue weighted by molar-refractivity contribution is 5.97. The SMILES string of the molecule is Cc1nc(-c2ccc(C(=O)OC(C)C(=O)Nc3ccc(Oc4ccccc4)cc3)cc2)[nH]c1C. The number of carbonyl (C=O) groups is 2. The minimum absolute atomic E-state index is 0.353. The van der Waals surface area contributed by atoms with Gasteiger partial charge in [-0.2, -0.15) is 0 Å². The molecule has 3 aromatic carbocycles. The van der Waals surface area contributed by atoms with E-state index in [4.69, 9.17) is 9.47 Å². The van der Waals surface area contributed by atoms with Crippen LogP contribution in [-0.2, 0) is 9.53 Å². The Balaban J connectivity index is 1.31. The normalized spacial score (nSPS) is 11.5. The second-order valence-corrected chi connectivity index (χ2v) is 7.85. The number of anilines is 1. The summed E-state index contributed by atoms with van der Waals surface area (Å²) in [5, 5.41) is 2.74. The highest BCUT2D eigenvalue weighted by Gasteiger charge is 2.19. The van der Waals surface area contributed by atoms with Crippen molar-refractivity contribution in [2.75, 3.05) is 5.32 Å². The van der Waals surface area contributed by atoms with Crippen LogP contribution < -0.4 is 10.1 Å². The molecule has 7 nitrogen and oxygen atoms in total. The summed E-state index contributed by atoms with van der Waals surface area (Å²) in [6.45, 7) is 5.42. The number of hydrogen-bond donors (Lipinski definition) is 2. The number of aromatic nitrogens is 2. The van der Waals surface area contributed by atoms with Crippen molar-refractivity contribution in [1.29, 1.82) is 0 Å². The Morgan fingerprint density at radius 2 is 1.53 bits per heavy atom. The van der Waals surface area contributed by atoms with Gasteiger partial charge in [-0.15, -0.1) is 0 Å². The summed E-state index contributed by atoms with van der Waals surface area (Å²) in [6.07, 6.45) is -0.970. The van der Waals surface area contributed by atoms with Gasteiger partial charge in [-0.1, -0.05) is 30.3 Å². The first-order valence-corrected chi connectivity index (χ1v) is 10.9. The van der Waals surface area contributed by atoms with Crippen molar-refractivity contribution in [2.24, 2.45) is 0 Å². The molecule has 7 heteroatoms. The smallest absolute Gasteiger partial charge is 0.338 e. The fourth-order valence-electron chi connectivity index (χ4n) is 3.21. The Morgan fingerprint density at radius 3 is 2.15 bits per heavy atom. The number of benzene rings is 3. The molecule has 0 aliphatic heterocycles. The number of nitrogens with one attached hydrogen (secondary N) is 2. The van der Waals surface area contributed by atoms with Crippen LogP contribution in [0.4, 0.5) is 5.69 Å². The lowest BCUT2D eigenvalue weighted by Gasteiger charge is -2.14. The van der Waals surface area contributed by atoms with Gasteiger partial charge in [0.2, 0.25) is 0 Å². The standard InChI is InChI=1S/C27H25N3O4/c1-17-18(2)29-25(28-17)20-9-11-21(12-10-20)27(32)33-19(3)26(31)30-22-13-15-24(16-14-22)34-23-7-5-4-6-8-23/h4-16,19H,1-3H3,(H,28,29)(H,30,31). The molecule has 1 unspecified atom stereocenters. The molecular weight excluding hydrogens is 430 g/mol. The molecule has 1 atom stereocenters. The molecule has 2 N–H and O–H groups in total. The van der Waals surface area contributed by atoms with Gasteiger partial charge in [-0.05, 0) is 69.3 Å². The van der Waals surface area contributed by atoms with E-state index in [0.717, 1.165) is 28.5 Å². The van der Waals surface area contributed by atoms with Crippen LogP contribution >= 0.6 is 0 Å². The van der Waals surface area contributed by atoms with Crippen molar-refractivity contribution >= 4 is 17.6 Å². The summed E-state index contributed by atoms with van der Waals surface area (Å²) in [7, 11) is 0. The molecule has 0 aliphatic rings. The summed E-state index contributed by atoms with van der Waals surface area (Å²) in [6, 6.07) is 23.3. The van der Waals surface area contributed by atoms with Gasteiger partial charge in [0.1, 0.15) is 17.3 Å². The van der Waals surface area contributed by atoms with Crippen LogP contribution in [-0.4, -0.2) is 27.9 Å². The van der Waals surface area contributed by atoms with Crippen LogP contribution in [0.2, 0.25) is 0 Å². The van der Waals surface area contributed by atoms with Crippen LogP contribution in [0, 0.1) is 13.8 Å². The largest absolute Gasteiger partial charge is 0.457 e. The lowest BCUT2D eigenvalue weighted by atomic mass is 10.1. The van der Waals surface area contributed by atoms with Crippen LogP contribution in [0.1, 0.15) is 28.7 Å². The summed E-state index contributed by atoms with van der Waals surface area (Å²) in [5.41, 5.74) is 3.71. The summed E-state index contributed by atoms with van der Waals surface area (Å²) < 4.78 is 11.1. The number of para-hydroxylation sites is 1. The van der Waals surface area contributed by atoms with E-state index in [-0.39, 0.29) is 0 Å². The molecule has 0 fully saturated rings. The number of imidazole rings is 1. The highest BCUT2D eigenvalue weighted by Crippen LogP contribution is 2.23. The molecule has 0 radical (unpaired) electrons. The summed E-state index contributed by atoms with van der Waals surface area (Å²) in [4.78, 5) is 32.7. The molecule has 0 saturated carbocycles. The Hall–Kier alpha value is -4.39. The topological polar surface area (TPSA) is 93.3 Å². The number of amides is 1. The average Bonchev–Trinajstić information content (AvgIpc) is 3.19. The number of aryl methyl sites for hydroxylation is 2. The van der Waals surface area contributed by atoms with E-state index in [0.29, 0.717) is 17.0 Å². The lowest BCUT2D eigenvalue weighted by Crippen LogP contribution is -2.29. The van der Waals surface area contributed by atoms with Gasteiger partial charge in [0.15, 0.2) is 6.10 Å². The number of nitrogens with zero attached hydrogens (tertiary/aromatic N) is 1. The first kappa shape index (κ1) is 22.8. The Morgan fingerprint density at radius 1 is 0.882 bits per heavy atom. The number of esters is 1. The maximum atomic E-state index is 12.5. The first-order chi connectivity index (χ1) is 16.4. The van der Waals surface area contributed by atoms with Crippen LogP contribution in [0.15, 0.2) is 78.9 Å². The maximum absolute atomic E-state index is 12.5. The predicted octanol–water partition coefficient (Wildman–Crippen LogP) is 5.67. The third-order valence-electron chi connectivity index (χ3n) is 5.28. The van der Waals surface area contributed by atoms with Gasteiger partial charge in [0, 0.05) is 16.9 Å². The van der Waals surface area contributed by atoms with Gasteiger partial charge < -0.3 is 19.8 Å². The number of H-pyrrole nitrogens is 1. The van der Waals surface area contributed by atoms with Crippen LogP contribution in [0.5, 0.6) is 11.5 Å². The fourth-order valence-corrected chi connectivity index (χ4v) is 3.21. The molecule has 0 spiro atoms. The molecule has 1 heterocycles. The number of hydrogen-bond acceptors (Lipinski definition) is 5. The second kappa shape index (κ2) is 10.0.